The molecule has 1 aliphatic heterocycles. The van der Waals surface area contributed by atoms with E-state index in [2.05, 4.69) is 30.3 Å². The highest BCUT2D eigenvalue weighted by Gasteiger charge is 2.49. The van der Waals surface area contributed by atoms with E-state index >= 15 is 0 Å². The molecule has 2 N–H and O–H groups in total. The lowest BCUT2D eigenvalue weighted by Crippen LogP contribution is -2.39. The molecule has 3 heterocycles. The van der Waals surface area contributed by atoms with Gasteiger partial charge in [0.1, 0.15) is 24.2 Å². The molecule has 0 aliphatic carbocycles. The maximum atomic E-state index is 12.1. The van der Waals surface area contributed by atoms with Crippen molar-refractivity contribution in [2.75, 3.05) is 7.05 Å². The maximum absolute atomic E-state index is 12.1. The van der Waals surface area contributed by atoms with Gasteiger partial charge in [0.25, 0.3) is 0 Å². The number of nitrogens with one attached hydrogen (secondary N) is 1. The third-order valence-electron chi connectivity index (χ3n) is 4.09. The number of carbonyl (C=O) groups excluding carboxylic acids is 1. The van der Waals surface area contributed by atoms with Crippen molar-refractivity contribution < 1.29 is 19.4 Å². The molecule has 4 unspecified atom stereocenters. The lowest BCUT2D eigenvalue weighted by atomic mass is 9.93. The van der Waals surface area contributed by atoms with Crippen LogP contribution in [0.3, 0.4) is 0 Å². The summed E-state index contributed by atoms with van der Waals surface area (Å²) in [7, 11) is 1.40. The van der Waals surface area contributed by atoms with Gasteiger partial charge in [-0.15, -0.1) is 0 Å². The molecule has 1 amide bonds. The highest BCUT2D eigenvalue weighted by molar-refractivity contribution is 6.33. The van der Waals surface area contributed by atoms with Gasteiger partial charge in [-0.2, -0.15) is 0 Å². The number of azide groups is 1. The molecular formula is C13H13ClN8O4. The molecule has 1 aliphatic rings. The smallest absolute Gasteiger partial charge is 0.303 e. The molecule has 1 saturated heterocycles. The minimum atomic E-state index is -1.15. The summed E-state index contributed by atoms with van der Waals surface area (Å²) in [5.41, 5.74) is 9.45. The number of aliphatic carboxylic acids is 1. The number of hydrogen-bond acceptors (Lipinski definition) is 7. The van der Waals surface area contributed by atoms with E-state index in [1.165, 1.54) is 24.3 Å². The van der Waals surface area contributed by atoms with E-state index in [-0.39, 0.29) is 11.6 Å². The zero-order valence-corrected chi connectivity index (χ0v) is 14.1. The van der Waals surface area contributed by atoms with E-state index < -0.39 is 36.2 Å². The predicted molar refractivity (Wildman–Crippen MR) is 87.0 cm³/mol. The number of carbonyl (C=O) groups is 2. The second-order valence-corrected chi connectivity index (χ2v) is 5.87. The third kappa shape index (κ3) is 3.01. The minimum absolute atomic E-state index is 0.121. The van der Waals surface area contributed by atoms with Gasteiger partial charge in [-0.25, -0.2) is 15.0 Å². The van der Waals surface area contributed by atoms with Crippen molar-refractivity contribution in [3.05, 3.63) is 28.3 Å². The van der Waals surface area contributed by atoms with Crippen molar-refractivity contribution in [2.45, 2.75) is 24.8 Å². The van der Waals surface area contributed by atoms with Crippen LogP contribution in [0.2, 0.25) is 5.15 Å². The highest BCUT2D eigenvalue weighted by Crippen LogP contribution is 2.40. The van der Waals surface area contributed by atoms with Crippen LogP contribution < -0.4 is 5.32 Å². The number of fused-ring (bicyclic) bond motifs is 1. The summed E-state index contributed by atoms with van der Waals surface area (Å²) in [6.07, 6.45) is 0.107. The number of carboxylic acids is 1. The molecule has 0 aromatic carbocycles. The molecule has 2 aromatic rings. The van der Waals surface area contributed by atoms with E-state index in [4.69, 9.17) is 21.9 Å². The van der Waals surface area contributed by atoms with Gasteiger partial charge in [0.15, 0.2) is 10.8 Å². The van der Waals surface area contributed by atoms with E-state index in [0.29, 0.717) is 11.2 Å². The summed E-state index contributed by atoms with van der Waals surface area (Å²) in [6.45, 7) is 0. The Morgan fingerprint density at radius 2 is 2.27 bits per heavy atom. The second kappa shape index (κ2) is 7.12. The number of aromatic nitrogens is 4. The number of imidazole rings is 1. The lowest BCUT2D eigenvalue weighted by molar-refractivity contribution is -0.139. The quantitative estimate of drug-likeness (QED) is 0.336. The summed E-state index contributed by atoms with van der Waals surface area (Å²) in [5, 5.41) is 15.4. The Bertz CT molecular complexity index is 911. The van der Waals surface area contributed by atoms with Crippen LogP contribution in [0.25, 0.3) is 21.6 Å². The number of nitrogens with zero attached hydrogens (tertiary/aromatic N) is 7. The minimum Gasteiger partial charge on any atom is -0.481 e. The fourth-order valence-electron chi connectivity index (χ4n) is 2.99. The van der Waals surface area contributed by atoms with Crippen molar-refractivity contribution >= 4 is 34.6 Å². The van der Waals surface area contributed by atoms with Crippen LogP contribution in [-0.2, 0) is 14.3 Å². The van der Waals surface area contributed by atoms with Gasteiger partial charge in [-0.1, -0.05) is 16.7 Å². The maximum Gasteiger partial charge on any atom is 0.303 e. The number of halogens is 1. The molecule has 26 heavy (non-hydrogen) atoms. The van der Waals surface area contributed by atoms with Gasteiger partial charge < -0.3 is 15.2 Å². The fraction of sp³-hybridized carbons (Fsp3) is 0.462. The fourth-order valence-corrected chi connectivity index (χ4v) is 3.17. The van der Waals surface area contributed by atoms with Crippen LogP contribution in [0.4, 0.5) is 0 Å². The monoisotopic (exact) mass is 380 g/mol. The molecule has 0 bridgehead atoms. The molecule has 1 fully saturated rings. The zero-order chi connectivity index (χ0) is 18.8. The van der Waals surface area contributed by atoms with Crippen LogP contribution >= 0.6 is 11.6 Å². The first-order valence-corrected chi connectivity index (χ1v) is 7.81. The molecule has 2 aromatic heterocycles. The Morgan fingerprint density at radius 3 is 2.92 bits per heavy atom. The standard InChI is InChI=1S/C13H13ClN8O4/c1-16-12(25)9-7(20-21-15)5(2-6(23)24)13(26-9)22-4-19-8-10(14)17-3-18-11(8)22/h3-5,7,9,13H,2H2,1H3,(H,16,25)(H,23,24). The number of hydrogen-bond donors (Lipinski definition) is 2. The average molecular weight is 381 g/mol. The predicted octanol–water partition coefficient (Wildman–Crippen LogP) is 0.893. The summed E-state index contributed by atoms with van der Waals surface area (Å²) < 4.78 is 7.22. The number of likely N-dealkylation sites (N-methyl/N-ethyl adjacent to an activating group) is 1. The van der Waals surface area contributed by atoms with Crippen LogP contribution in [0.15, 0.2) is 17.8 Å². The Balaban J connectivity index is 2.10. The van der Waals surface area contributed by atoms with Crippen molar-refractivity contribution in [3.63, 3.8) is 0 Å². The number of ether oxygens (including phenoxy) is 1. The van der Waals surface area contributed by atoms with Gasteiger partial charge in [0.2, 0.25) is 5.91 Å². The molecule has 0 radical (unpaired) electrons. The SMILES string of the molecule is CNC(=O)C1OC(n2cnc3c(Cl)ncnc32)C(CC(=O)O)C1N=[N+]=[N-]. The average Bonchev–Trinajstić information content (AvgIpc) is 3.17. The van der Waals surface area contributed by atoms with Crippen molar-refractivity contribution in [2.24, 2.45) is 11.0 Å². The Morgan fingerprint density at radius 1 is 1.50 bits per heavy atom. The summed E-state index contributed by atoms with van der Waals surface area (Å²) in [6, 6.07) is -1.02. The first-order valence-electron chi connectivity index (χ1n) is 7.44. The summed E-state index contributed by atoms with van der Waals surface area (Å²) >= 11 is 5.99. The van der Waals surface area contributed by atoms with Crippen molar-refractivity contribution in [1.29, 1.82) is 0 Å². The largest absolute Gasteiger partial charge is 0.481 e. The molecule has 0 spiro atoms. The molecule has 0 saturated carbocycles. The normalized spacial score (nSPS) is 25.0. The topological polar surface area (TPSA) is 168 Å². The number of amides is 1. The summed E-state index contributed by atoms with van der Waals surface area (Å²) in [4.78, 5) is 38.2. The zero-order valence-electron chi connectivity index (χ0n) is 13.4. The summed E-state index contributed by atoms with van der Waals surface area (Å²) in [5.74, 6) is -2.48. The van der Waals surface area contributed by atoms with Crippen molar-refractivity contribution in [1.82, 2.24) is 24.8 Å². The molecule has 12 nitrogen and oxygen atoms in total. The van der Waals surface area contributed by atoms with Crippen LogP contribution in [0, 0.1) is 5.92 Å². The van der Waals surface area contributed by atoms with Crippen molar-refractivity contribution in [3.8, 4) is 0 Å². The van der Waals surface area contributed by atoms with Gasteiger partial charge in [-0.05, 0) is 5.53 Å². The number of rotatable bonds is 5. The molecule has 136 valence electrons. The molecule has 13 heteroatoms. The Kier molecular flexibility index (Phi) is 4.89. The van der Waals surface area contributed by atoms with E-state index in [9.17, 15) is 14.7 Å². The van der Waals surface area contributed by atoms with E-state index in [1.54, 1.807) is 0 Å². The first-order chi connectivity index (χ1) is 12.5. The van der Waals surface area contributed by atoms with Crippen LogP contribution in [-0.4, -0.2) is 55.7 Å². The van der Waals surface area contributed by atoms with Gasteiger partial charge in [0, 0.05) is 17.9 Å². The van der Waals surface area contributed by atoms with Gasteiger partial charge >= 0.3 is 5.97 Å². The number of carboxylic acid groups (broad SMARTS) is 1. The van der Waals surface area contributed by atoms with Crippen LogP contribution in [0.5, 0.6) is 0 Å². The van der Waals surface area contributed by atoms with Gasteiger partial charge in [0.05, 0.1) is 18.8 Å². The molecule has 4 atom stereocenters. The first kappa shape index (κ1) is 17.9. The lowest BCUT2D eigenvalue weighted by Gasteiger charge is -2.20. The Hall–Kier alpha value is -2.95. The highest BCUT2D eigenvalue weighted by atomic mass is 35.5. The third-order valence-corrected chi connectivity index (χ3v) is 4.37. The van der Waals surface area contributed by atoms with Crippen LogP contribution in [0.1, 0.15) is 12.6 Å². The second-order valence-electron chi connectivity index (χ2n) is 5.51. The Labute approximate surface area is 150 Å². The van der Waals surface area contributed by atoms with E-state index in [1.807, 2.05) is 0 Å². The van der Waals surface area contributed by atoms with E-state index in [0.717, 1.165) is 0 Å². The molecular weight excluding hydrogens is 368 g/mol. The van der Waals surface area contributed by atoms with Gasteiger partial charge in [-0.3, -0.25) is 14.2 Å². The molecule has 3 rings (SSSR count).